The van der Waals surface area contributed by atoms with Gasteiger partial charge in [-0.25, -0.2) is 0 Å². The van der Waals surface area contributed by atoms with Crippen LogP contribution in [0.4, 0.5) is 0 Å². The summed E-state index contributed by atoms with van der Waals surface area (Å²) in [5.74, 6) is 1.57. The lowest BCUT2D eigenvalue weighted by Crippen LogP contribution is -2.28. The number of carbonyl (C=O) groups excluding carboxylic acids is 1. The van der Waals surface area contributed by atoms with E-state index in [9.17, 15) is 4.79 Å². The zero-order valence-corrected chi connectivity index (χ0v) is 14.1. The molecule has 1 fully saturated rings. The molecule has 3 nitrogen and oxygen atoms in total. The molecule has 20 heavy (non-hydrogen) atoms. The lowest BCUT2D eigenvalue weighted by molar-refractivity contribution is -0.166. The molecule has 4 atom stereocenters. The van der Waals surface area contributed by atoms with Crippen molar-refractivity contribution in [1.29, 1.82) is 0 Å². The molecule has 0 bridgehead atoms. The van der Waals surface area contributed by atoms with Crippen molar-refractivity contribution < 1.29 is 14.3 Å². The van der Waals surface area contributed by atoms with Crippen LogP contribution in [0.25, 0.3) is 0 Å². The van der Waals surface area contributed by atoms with Crippen LogP contribution in [0.5, 0.6) is 0 Å². The lowest BCUT2D eigenvalue weighted by atomic mass is 9.87. The molecular weight excluding hydrogens is 252 g/mol. The first kappa shape index (κ1) is 17.5. The van der Waals surface area contributed by atoms with Crippen molar-refractivity contribution in [3.63, 3.8) is 0 Å². The van der Waals surface area contributed by atoms with Crippen molar-refractivity contribution in [2.45, 2.75) is 60.8 Å². The number of esters is 1. The fraction of sp³-hybridized carbons (Fsp3) is 0.941. The number of ether oxygens (including phenoxy) is 2. The Balaban J connectivity index is 2.45. The van der Waals surface area contributed by atoms with Crippen LogP contribution in [0, 0.1) is 29.1 Å². The van der Waals surface area contributed by atoms with Crippen LogP contribution in [-0.2, 0) is 14.3 Å². The number of carbonyl (C=O) groups is 1. The quantitative estimate of drug-likeness (QED) is 0.415. The van der Waals surface area contributed by atoms with Gasteiger partial charge in [-0.3, -0.25) is 4.79 Å². The van der Waals surface area contributed by atoms with Gasteiger partial charge in [0.2, 0.25) is 0 Å². The molecule has 0 heterocycles. The Morgan fingerprint density at radius 2 is 1.75 bits per heavy atom. The molecule has 4 unspecified atom stereocenters. The molecule has 0 saturated heterocycles. The molecule has 0 radical (unpaired) electrons. The summed E-state index contributed by atoms with van der Waals surface area (Å²) in [4.78, 5) is 12.3. The summed E-state index contributed by atoms with van der Waals surface area (Å²) in [6, 6.07) is 0. The molecule has 0 N–H and O–H groups in total. The molecule has 1 saturated carbocycles. The fourth-order valence-electron chi connectivity index (χ4n) is 3.38. The summed E-state index contributed by atoms with van der Waals surface area (Å²) in [7, 11) is 0. The second-order valence-corrected chi connectivity index (χ2v) is 7.45. The summed E-state index contributed by atoms with van der Waals surface area (Å²) in [6.07, 6.45) is 3.38. The van der Waals surface area contributed by atoms with Gasteiger partial charge in [0.25, 0.3) is 0 Å². The second kappa shape index (κ2) is 7.44. The SMILES string of the molecule is CCC1CC(CC)C(C(=O)OCOCC(C)(C)C)C1C. The van der Waals surface area contributed by atoms with Gasteiger partial charge in [0.15, 0.2) is 6.79 Å². The van der Waals surface area contributed by atoms with Gasteiger partial charge in [0, 0.05) is 0 Å². The van der Waals surface area contributed by atoms with Crippen LogP contribution in [0.2, 0.25) is 0 Å². The predicted molar refractivity (Wildman–Crippen MR) is 81.2 cm³/mol. The Morgan fingerprint density at radius 1 is 1.15 bits per heavy atom. The Kier molecular flexibility index (Phi) is 6.50. The zero-order chi connectivity index (χ0) is 15.3. The first-order valence-electron chi connectivity index (χ1n) is 8.04. The summed E-state index contributed by atoms with van der Waals surface area (Å²) < 4.78 is 10.8. The average molecular weight is 284 g/mol. The van der Waals surface area contributed by atoms with Gasteiger partial charge in [0.05, 0.1) is 12.5 Å². The highest BCUT2D eigenvalue weighted by molar-refractivity contribution is 5.73. The van der Waals surface area contributed by atoms with Crippen LogP contribution >= 0.6 is 0 Å². The standard InChI is InChI=1S/C17H32O3/c1-7-13-9-14(8-2)15(12(13)3)16(18)20-11-19-10-17(4,5)6/h12-15H,7-11H2,1-6H3. The third kappa shape index (κ3) is 4.76. The van der Waals surface area contributed by atoms with E-state index in [-0.39, 0.29) is 24.1 Å². The number of rotatable bonds is 6. The minimum Gasteiger partial charge on any atom is -0.438 e. The molecule has 1 aliphatic carbocycles. The van der Waals surface area contributed by atoms with E-state index in [2.05, 4.69) is 41.5 Å². The Bertz CT molecular complexity index is 304. The summed E-state index contributed by atoms with van der Waals surface area (Å²) >= 11 is 0. The molecule has 0 aromatic heterocycles. The van der Waals surface area contributed by atoms with Crippen molar-refractivity contribution in [2.24, 2.45) is 29.1 Å². The van der Waals surface area contributed by atoms with Crippen molar-refractivity contribution in [1.82, 2.24) is 0 Å². The Hall–Kier alpha value is -0.570. The fourth-order valence-corrected chi connectivity index (χ4v) is 3.38. The molecule has 0 amide bonds. The zero-order valence-electron chi connectivity index (χ0n) is 14.1. The Morgan fingerprint density at radius 3 is 2.25 bits per heavy atom. The van der Waals surface area contributed by atoms with Crippen molar-refractivity contribution in [3.8, 4) is 0 Å². The van der Waals surface area contributed by atoms with Crippen LogP contribution in [0.3, 0.4) is 0 Å². The maximum atomic E-state index is 12.3. The van der Waals surface area contributed by atoms with E-state index in [0.29, 0.717) is 24.4 Å². The summed E-state index contributed by atoms with van der Waals surface area (Å²) in [6.45, 7) is 13.6. The van der Waals surface area contributed by atoms with E-state index in [4.69, 9.17) is 9.47 Å². The second-order valence-electron chi connectivity index (χ2n) is 7.45. The van der Waals surface area contributed by atoms with E-state index in [1.165, 1.54) is 0 Å². The monoisotopic (exact) mass is 284 g/mol. The molecule has 3 heteroatoms. The predicted octanol–water partition coefficient (Wildman–Crippen LogP) is 4.26. The molecule has 0 aromatic carbocycles. The summed E-state index contributed by atoms with van der Waals surface area (Å²) in [5.41, 5.74) is 0.103. The third-order valence-corrected chi connectivity index (χ3v) is 4.56. The Labute approximate surface area is 124 Å². The van der Waals surface area contributed by atoms with Gasteiger partial charge in [-0.1, -0.05) is 54.4 Å². The highest BCUT2D eigenvalue weighted by Gasteiger charge is 2.43. The van der Waals surface area contributed by atoms with E-state index in [1.807, 2.05) is 0 Å². The first-order valence-corrected chi connectivity index (χ1v) is 8.04. The van der Waals surface area contributed by atoms with Crippen LogP contribution in [-0.4, -0.2) is 19.4 Å². The molecule has 0 spiro atoms. The van der Waals surface area contributed by atoms with E-state index in [0.717, 1.165) is 19.3 Å². The van der Waals surface area contributed by atoms with Gasteiger partial charge >= 0.3 is 5.97 Å². The highest BCUT2D eigenvalue weighted by Crippen LogP contribution is 2.45. The van der Waals surface area contributed by atoms with Crippen LogP contribution in [0.1, 0.15) is 60.8 Å². The topological polar surface area (TPSA) is 35.5 Å². The maximum absolute atomic E-state index is 12.3. The smallest absolute Gasteiger partial charge is 0.311 e. The van der Waals surface area contributed by atoms with Gasteiger partial charge < -0.3 is 9.47 Å². The van der Waals surface area contributed by atoms with Crippen molar-refractivity contribution in [3.05, 3.63) is 0 Å². The third-order valence-electron chi connectivity index (χ3n) is 4.56. The van der Waals surface area contributed by atoms with Crippen molar-refractivity contribution >= 4 is 5.97 Å². The van der Waals surface area contributed by atoms with Gasteiger partial charge in [-0.2, -0.15) is 0 Å². The average Bonchev–Trinajstić information content (AvgIpc) is 2.69. The van der Waals surface area contributed by atoms with Gasteiger partial charge in [-0.15, -0.1) is 0 Å². The van der Waals surface area contributed by atoms with Gasteiger partial charge in [0.1, 0.15) is 0 Å². The minimum atomic E-state index is -0.0609. The van der Waals surface area contributed by atoms with E-state index < -0.39 is 0 Å². The molecular formula is C17H32O3. The van der Waals surface area contributed by atoms with Crippen molar-refractivity contribution in [2.75, 3.05) is 13.4 Å². The van der Waals surface area contributed by atoms with E-state index >= 15 is 0 Å². The summed E-state index contributed by atoms with van der Waals surface area (Å²) in [5, 5.41) is 0. The number of hydrogen-bond donors (Lipinski definition) is 0. The van der Waals surface area contributed by atoms with Crippen LogP contribution in [0.15, 0.2) is 0 Å². The largest absolute Gasteiger partial charge is 0.438 e. The normalized spacial score (nSPS) is 30.5. The molecule has 0 aliphatic heterocycles. The minimum absolute atomic E-state index is 0.0585. The molecule has 1 rings (SSSR count). The molecule has 0 aromatic rings. The number of hydrogen-bond acceptors (Lipinski definition) is 3. The maximum Gasteiger partial charge on any atom is 0.311 e. The highest BCUT2D eigenvalue weighted by atomic mass is 16.7. The first-order chi connectivity index (χ1) is 9.30. The lowest BCUT2D eigenvalue weighted by Gasteiger charge is -2.22. The van der Waals surface area contributed by atoms with E-state index in [1.54, 1.807) is 0 Å². The van der Waals surface area contributed by atoms with Crippen LogP contribution < -0.4 is 0 Å². The molecule has 1 aliphatic rings. The molecule has 118 valence electrons. The van der Waals surface area contributed by atoms with Gasteiger partial charge in [-0.05, 0) is 29.6 Å².